The summed E-state index contributed by atoms with van der Waals surface area (Å²) in [6.07, 6.45) is 1.56. The second-order valence-electron chi connectivity index (χ2n) is 4.93. The van der Waals surface area contributed by atoms with Crippen LogP contribution in [-0.2, 0) is 16.1 Å². The standard InChI is InChI=1S/C15H15N5O3/c1-23-8-11(21)17-15-18-13-12(14(22)19-15)16-9-20(13)7-10-5-3-2-4-6-10/h2-6,9H,7-8H2,1H3,(H2,17,18,19,21,22). The van der Waals surface area contributed by atoms with Crippen molar-refractivity contribution >= 4 is 23.0 Å². The Morgan fingerprint density at radius 1 is 1.35 bits per heavy atom. The van der Waals surface area contributed by atoms with Gasteiger partial charge in [0.1, 0.15) is 6.61 Å². The van der Waals surface area contributed by atoms with Crippen LogP contribution in [0, 0.1) is 0 Å². The lowest BCUT2D eigenvalue weighted by Crippen LogP contribution is -2.22. The van der Waals surface area contributed by atoms with Crippen molar-refractivity contribution in [2.24, 2.45) is 0 Å². The summed E-state index contributed by atoms with van der Waals surface area (Å²) >= 11 is 0. The molecular formula is C15H15N5O3. The zero-order valence-corrected chi connectivity index (χ0v) is 12.4. The van der Waals surface area contributed by atoms with Gasteiger partial charge in [-0.1, -0.05) is 30.3 Å². The molecule has 0 radical (unpaired) electrons. The van der Waals surface area contributed by atoms with E-state index in [2.05, 4.69) is 20.3 Å². The van der Waals surface area contributed by atoms with Crippen molar-refractivity contribution in [3.63, 3.8) is 0 Å². The largest absolute Gasteiger partial charge is 0.375 e. The molecule has 3 rings (SSSR count). The zero-order valence-electron chi connectivity index (χ0n) is 12.4. The van der Waals surface area contributed by atoms with Gasteiger partial charge in [0.05, 0.1) is 12.9 Å². The molecule has 0 aliphatic carbocycles. The molecule has 0 aliphatic heterocycles. The Labute approximate surface area is 131 Å². The summed E-state index contributed by atoms with van der Waals surface area (Å²) in [5.74, 6) is -0.330. The average molecular weight is 313 g/mol. The number of ether oxygens (including phenoxy) is 1. The maximum Gasteiger partial charge on any atom is 0.280 e. The minimum absolute atomic E-state index is 0.0689. The van der Waals surface area contributed by atoms with E-state index in [4.69, 9.17) is 4.74 Å². The van der Waals surface area contributed by atoms with Crippen molar-refractivity contribution in [3.05, 3.63) is 52.6 Å². The van der Waals surface area contributed by atoms with Crippen LogP contribution in [0.3, 0.4) is 0 Å². The number of imidazole rings is 1. The molecule has 8 heteroatoms. The number of aromatic nitrogens is 4. The maximum atomic E-state index is 12.1. The number of anilines is 1. The molecule has 0 fully saturated rings. The molecule has 1 amide bonds. The second-order valence-corrected chi connectivity index (χ2v) is 4.93. The highest BCUT2D eigenvalue weighted by molar-refractivity contribution is 5.90. The predicted molar refractivity (Wildman–Crippen MR) is 84.2 cm³/mol. The number of nitrogens with zero attached hydrogens (tertiary/aromatic N) is 3. The summed E-state index contributed by atoms with van der Waals surface area (Å²) in [6, 6.07) is 9.75. The first kappa shape index (κ1) is 14.9. The molecule has 8 nitrogen and oxygen atoms in total. The van der Waals surface area contributed by atoms with Crippen molar-refractivity contribution in [1.29, 1.82) is 0 Å². The van der Waals surface area contributed by atoms with Crippen LogP contribution in [0.15, 0.2) is 41.5 Å². The summed E-state index contributed by atoms with van der Waals surface area (Å²) in [5, 5.41) is 2.48. The number of carbonyl (C=O) groups excluding carboxylic acids is 1. The van der Waals surface area contributed by atoms with Gasteiger partial charge in [0.15, 0.2) is 11.2 Å². The van der Waals surface area contributed by atoms with Crippen LogP contribution in [0.2, 0.25) is 0 Å². The normalized spacial score (nSPS) is 10.8. The Morgan fingerprint density at radius 3 is 2.87 bits per heavy atom. The molecular weight excluding hydrogens is 298 g/mol. The van der Waals surface area contributed by atoms with Crippen molar-refractivity contribution in [2.45, 2.75) is 6.54 Å². The van der Waals surface area contributed by atoms with E-state index in [1.807, 2.05) is 30.3 Å². The summed E-state index contributed by atoms with van der Waals surface area (Å²) in [7, 11) is 1.41. The number of carbonyl (C=O) groups is 1. The highest BCUT2D eigenvalue weighted by atomic mass is 16.5. The van der Waals surface area contributed by atoms with E-state index in [1.54, 1.807) is 10.9 Å². The number of hydrogen-bond acceptors (Lipinski definition) is 5. The zero-order chi connectivity index (χ0) is 16.2. The number of fused-ring (bicyclic) bond motifs is 1. The Hall–Kier alpha value is -3.00. The van der Waals surface area contributed by atoms with Gasteiger partial charge in [0, 0.05) is 7.11 Å². The number of methoxy groups -OCH3 is 1. The number of rotatable bonds is 5. The minimum Gasteiger partial charge on any atom is -0.375 e. The molecule has 2 aromatic heterocycles. The van der Waals surface area contributed by atoms with Gasteiger partial charge in [0.2, 0.25) is 5.95 Å². The summed E-state index contributed by atoms with van der Waals surface area (Å²) in [6.45, 7) is 0.407. The average Bonchev–Trinajstić information content (AvgIpc) is 2.92. The van der Waals surface area contributed by atoms with Crippen molar-refractivity contribution in [2.75, 3.05) is 19.0 Å². The van der Waals surface area contributed by atoms with E-state index in [1.165, 1.54) is 7.11 Å². The molecule has 0 saturated carbocycles. The van der Waals surface area contributed by atoms with Crippen LogP contribution < -0.4 is 10.9 Å². The van der Waals surface area contributed by atoms with E-state index >= 15 is 0 Å². The highest BCUT2D eigenvalue weighted by Crippen LogP contribution is 2.11. The Bertz CT molecular complexity index is 885. The number of amides is 1. The lowest BCUT2D eigenvalue weighted by atomic mass is 10.2. The monoisotopic (exact) mass is 313 g/mol. The molecule has 3 aromatic rings. The fourth-order valence-electron chi connectivity index (χ4n) is 2.21. The quantitative estimate of drug-likeness (QED) is 0.724. The van der Waals surface area contributed by atoms with Crippen LogP contribution in [0.25, 0.3) is 11.2 Å². The van der Waals surface area contributed by atoms with Gasteiger partial charge in [0.25, 0.3) is 11.5 Å². The fourth-order valence-corrected chi connectivity index (χ4v) is 2.21. The van der Waals surface area contributed by atoms with Gasteiger partial charge in [-0.15, -0.1) is 0 Å². The lowest BCUT2D eigenvalue weighted by Gasteiger charge is -2.06. The molecule has 0 atom stereocenters. The lowest BCUT2D eigenvalue weighted by molar-refractivity contribution is -0.119. The first-order chi connectivity index (χ1) is 11.2. The molecule has 0 spiro atoms. The molecule has 0 bridgehead atoms. The van der Waals surface area contributed by atoms with E-state index in [9.17, 15) is 9.59 Å². The molecule has 1 aromatic carbocycles. The third-order valence-electron chi connectivity index (χ3n) is 3.20. The smallest absolute Gasteiger partial charge is 0.280 e. The van der Waals surface area contributed by atoms with Gasteiger partial charge in [-0.05, 0) is 5.56 Å². The third-order valence-corrected chi connectivity index (χ3v) is 3.20. The molecule has 2 heterocycles. The molecule has 118 valence electrons. The number of H-pyrrole nitrogens is 1. The van der Waals surface area contributed by atoms with Crippen molar-refractivity contribution in [1.82, 2.24) is 19.5 Å². The molecule has 0 unspecified atom stereocenters. The molecule has 0 aliphatic rings. The number of aromatic amines is 1. The van der Waals surface area contributed by atoms with Gasteiger partial charge < -0.3 is 9.30 Å². The van der Waals surface area contributed by atoms with Crippen LogP contribution in [0.4, 0.5) is 5.95 Å². The van der Waals surface area contributed by atoms with E-state index in [-0.39, 0.29) is 18.1 Å². The number of nitrogens with one attached hydrogen (secondary N) is 2. The van der Waals surface area contributed by atoms with E-state index in [0.717, 1.165) is 5.56 Å². The SMILES string of the molecule is COCC(=O)Nc1nc2c(ncn2Cc2ccccc2)c(=O)[nH]1. The van der Waals surface area contributed by atoms with Gasteiger partial charge in [-0.2, -0.15) is 4.98 Å². The van der Waals surface area contributed by atoms with Crippen LogP contribution >= 0.6 is 0 Å². The third kappa shape index (κ3) is 3.27. The van der Waals surface area contributed by atoms with Crippen LogP contribution in [-0.4, -0.2) is 39.1 Å². The maximum absolute atomic E-state index is 12.1. The predicted octanol–water partition coefficient (Wildman–Crippen LogP) is 0.753. The van der Waals surface area contributed by atoms with Gasteiger partial charge >= 0.3 is 0 Å². The summed E-state index contributed by atoms with van der Waals surface area (Å²) in [4.78, 5) is 34.5. The van der Waals surface area contributed by atoms with Gasteiger partial charge in [-0.3, -0.25) is 19.9 Å². The Kier molecular flexibility index (Phi) is 4.15. The number of hydrogen-bond donors (Lipinski definition) is 2. The summed E-state index contributed by atoms with van der Waals surface area (Å²) < 4.78 is 6.49. The van der Waals surface area contributed by atoms with E-state index < -0.39 is 11.5 Å². The van der Waals surface area contributed by atoms with Crippen LogP contribution in [0.5, 0.6) is 0 Å². The first-order valence-electron chi connectivity index (χ1n) is 6.95. The highest BCUT2D eigenvalue weighted by Gasteiger charge is 2.12. The number of benzene rings is 1. The van der Waals surface area contributed by atoms with Crippen molar-refractivity contribution in [3.8, 4) is 0 Å². The minimum atomic E-state index is -0.408. The molecule has 0 saturated heterocycles. The van der Waals surface area contributed by atoms with E-state index in [0.29, 0.717) is 12.2 Å². The molecule has 2 N–H and O–H groups in total. The second kappa shape index (κ2) is 6.41. The summed E-state index contributed by atoms with van der Waals surface area (Å²) in [5.41, 5.74) is 1.28. The molecule has 23 heavy (non-hydrogen) atoms. The Morgan fingerprint density at radius 2 is 2.13 bits per heavy atom. The Balaban J connectivity index is 1.96. The van der Waals surface area contributed by atoms with Crippen LogP contribution in [0.1, 0.15) is 5.56 Å². The topological polar surface area (TPSA) is 102 Å². The van der Waals surface area contributed by atoms with Gasteiger partial charge in [-0.25, -0.2) is 4.98 Å². The fraction of sp³-hybridized carbons (Fsp3) is 0.200. The first-order valence-corrected chi connectivity index (χ1v) is 6.95. The van der Waals surface area contributed by atoms with Crippen molar-refractivity contribution < 1.29 is 9.53 Å².